The fourth-order valence-electron chi connectivity index (χ4n) is 1.26. The van der Waals surface area contributed by atoms with Gasteiger partial charge in [0.2, 0.25) is 0 Å². The summed E-state index contributed by atoms with van der Waals surface area (Å²) in [5.41, 5.74) is 1.15. The van der Waals surface area contributed by atoms with Crippen LogP contribution >= 0.6 is 23.1 Å². The Morgan fingerprint density at radius 1 is 1.67 bits per heavy atom. The summed E-state index contributed by atoms with van der Waals surface area (Å²) < 4.78 is 0. The van der Waals surface area contributed by atoms with E-state index in [1.54, 1.807) is 11.3 Å². The molecule has 4 heteroatoms. The van der Waals surface area contributed by atoms with E-state index in [9.17, 15) is 0 Å². The molecule has 1 aromatic heterocycles. The second kappa shape index (κ2) is 3.77. The first-order valence-electron chi connectivity index (χ1n) is 4.09. The molecule has 1 aromatic rings. The second-order valence-corrected chi connectivity index (χ2v) is 4.95. The number of hydrogen-bond donors (Lipinski definition) is 1. The summed E-state index contributed by atoms with van der Waals surface area (Å²) in [7, 11) is 0. The molecule has 1 aliphatic rings. The number of aromatic nitrogens is 1. The largest absolute Gasteiger partial charge is 0.306 e. The van der Waals surface area contributed by atoms with Gasteiger partial charge in [0.05, 0.1) is 6.04 Å². The third kappa shape index (κ3) is 1.81. The molecule has 2 heterocycles. The van der Waals surface area contributed by atoms with Crippen molar-refractivity contribution in [2.24, 2.45) is 0 Å². The molecule has 1 saturated heterocycles. The zero-order chi connectivity index (χ0) is 8.39. The minimum Gasteiger partial charge on any atom is -0.306 e. The molecule has 2 rings (SSSR count). The van der Waals surface area contributed by atoms with Crippen molar-refractivity contribution >= 4 is 23.1 Å². The van der Waals surface area contributed by atoms with Crippen LogP contribution in [0.2, 0.25) is 0 Å². The molecule has 0 aromatic carbocycles. The number of nitrogens with zero attached hydrogens (tertiary/aromatic N) is 1. The minimum atomic E-state index is 0.502. The Hall–Kier alpha value is -0.0600. The molecule has 12 heavy (non-hydrogen) atoms. The Labute approximate surface area is 80.8 Å². The second-order valence-electron chi connectivity index (χ2n) is 2.91. The Kier molecular flexibility index (Phi) is 2.68. The molecule has 0 spiro atoms. The van der Waals surface area contributed by atoms with Gasteiger partial charge in [0, 0.05) is 29.1 Å². The van der Waals surface area contributed by atoms with Crippen LogP contribution in [0.1, 0.15) is 16.7 Å². The summed E-state index contributed by atoms with van der Waals surface area (Å²) in [5.74, 6) is 2.41. The van der Waals surface area contributed by atoms with Gasteiger partial charge in [0.1, 0.15) is 5.01 Å². The van der Waals surface area contributed by atoms with Crippen molar-refractivity contribution in [2.45, 2.75) is 13.0 Å². The van der Waals surface area contributed by atoms with Crippen molar-refractivity contribution in [3.63, 3.8) is 0 Å². The highest BCUT2D eigenvalue weighted by Crippen LogP contribution is 2.24. The molecule has 0 bridgehead atoms. The van der Waals surface area contributed by atoms with Crippen LogP contribution in [-0.2, 0) is 0 Å². The van der Waals surface area contributed by atoms with Crippen molar-refractivity contribution in [3.05, 3.63) is 16.1 Å². The fourth-order valence-corrected chi connectivity index (χ4v) is 3.17. The minimum absolute atomic E-state index is 0.502. The van der Waals surface area contributed by atoms with E-state index in [1.807, 2.05) is 11.8 Å². The van der Waals surface area contributed by atoms with Crippen LogP contribution in [0.5, 0.6) is 0 Å². The normalized spacial score (nSPS) is 24.2. The monoisotopic (exact) mass is 200 g/mol. The molecule has 66 valence electrons. The van der Waals surface area contributed by atoms with E-state index < -0.39 is 0 Å². The van der Waals surface area contributed by atoms with Crippen LogP contribution in [-0.4, -0.2) is 23.0 Å². The number of thioether (sulfide) groups is 1. The summed E-state index contributed by atoms with van der Waals surface area (Å²) in [6, 6.07) is 0.502. The zero-order valence-corrected chi connectivity index (χ0v) is 8.67. The van der Waals surface area contributed by atoms with E-state index in [2.05, 4.69) is 22.6 Å². The Bertz CT molecular complexity index is 253. The van der Waals surface area contributed by atoms with E-state index in [4.69, 9.17) is 0 Å². The van der Waals surface area contributed by atoms with Gasteiger partial charge in [-0.1, -0.05) is 0 Å². The predicted molar refractivity (Wildman–Crippen MR) is 54.9 cm³/mol. The van der Waals surface area contributed by atoms with E-state index in [-0.39, 0.29) is 0 Å². The van der Waals surface area contributed by atoms with Crippen LogP contribution in [0.3, 0.4) is 0 Å². The van der Waals surface area contributed by atoms with Crippen molar-refractivity contribution < 1.29 is 0 Å². The lowest BCUT2D eigenvalue weighted by molar-refractivity contribution is 0.591. The van der Waals surface area contributed by atoms with Crippen LogP contribution in [0.25, 0.3) is 0 Å². The quantitative estimate of drug-likeness (QED) is 0.748. The summed E-state index contributed by atoms with van der Waals surface area (Å²) in [6.45, 7) is 3.17. The molecule has 1 N–H and O–H groups in total. The number of hydrogen-bond acceptors (Lipinski definition) is 4. The van der Waals surface area contributed by atoms with Crippen molar-refractivity contribution in [1.82, 2.24) is 10.3 Å². The van der Waals surface area contributed by atoms with Crippen molar-refractivity contribution in [1.29, 1.82) is 0 Å². The van der Waals surface area contributed by atoms with Crippen LogP contribution in [0.4, 0.5) is 0 Å². The van der Waals surface area contributed by atoms with Crippen molar-refractivity contribution in [2.75, 3.05) is 18.1 Å². The van der Waals surface area contributed by atoms with Gasteiger partial charge in [0.15, 0.2) is 0 Å². The Balaban J connectivity index is 2.08. The van der Waals surface area contributed by atoms with Crippen LogP contribution in [0, 0.1) is 6.92 Å². The summed E-state index contributed by atoms with van der Waals surface area (Å²) in [4.78, 5) is 4.48. The third-order valence-corrected chi connectivity index (χ3v) is 3.99. The molecule has 0 amide bonds. The number of thiazole rings is 1. The van der Waals surface area contributed by atoms with Gasteiger partial charge < -0.3 is 5.32 Å². The predicted octanol–water partition coefficient (Wildman–Crippen LogP) is 1.83. The van der Waals surface area contributed by atoms with Crippen LogP contribution < -0.4 is 5.32 Å². The van der Waals surface area contributed by atoms with E-state index >= 15 is 0 Å². The summed E-state index contributed by atoms with van der Waals surface area (Å²) in [6.07, 6.45) is 0. The van der Waals surface area contributed by atoms with Crippen LogP contribution in [0.15, 0.2) is 5.38 Å². The highest BCUT2D eigenvalue weighted by Gasteiger charge is 2.17. The maximum atomic E-state index is 4.48. The molecule has 2 nitrogen and oxygen atoms in total. The van der Waals surface area contributed by atoms with E-state index in [0.717, 1.165) is 12.2 Å². The van der Waals surface area contributed by atoms with E-state index in [0.29, 0.717) is 6.04 Å². The van der Waals surface area contributed by atoms with E-state index in [1.165, 1.54) is 16.5 Å². The molecule has 1 fully saturated rings. The molecule has 1 atom stereocenters. The Morgan fingerprint density at radius 2 is 2.58 bits per heavy atom. The fraction of sp³-hybridized carbons (Fsp3) is 0.625. The molecular weight excluding hydrogens is 188 g/mol. The lowest BCUT2D eigenvalue weighted by Crippen LogP contribution is -2.30. The number of rotatable bonds is 1. The Morgan fingerprint density at radius 3 is 3.17 bits per heavy atom. The topological polar surface area (TPSA) is 24.9 Å². The highest BCUT2D eigenvalue weighted by atomic mass is 32.2. The molecule has 0 aliphatic carbocycles. The SMILES string of the molecule is Cc1csc(C2CSCCN2)n1. The van der Waals surface area contributed by atoms with Gasteiger partial charge in [-0.25, -0.2) is 4.98 Å². The number of aryl methyl sites for hydroxylation is 1. The lowest BCUT2D eigenvalue weighted by Gasteiger charge is -2.20. The van der Waals surface area contributed by atoms with Gasteiger partial charge in [-0.3, -0.25) is 0 Å². The molecule has 0 radical (unpaired) electrons. The first-order chi connectivity index (χ1) is 5.86. The average Bonchev–Trinajstić information content (AvgIpc) is 2.54. The standard InChI is InChI=1S/C8H12N2S2/c1-6-4-12-8(10-6)7-5-11-3-2-9-7/h4,7,9H,2-3,5H2,1H3. The zero-order valence-electron chi connectivity index (χ0n) is 7.04. The smallest absolute Gasteiger partial charge is 0.111 e. The van der Waals surface area contributed by atoms with Gasteiger partial charge in [0.25, 0.3) is 0 Å². The molecule has 0 saturated carbocycles. The lowest BCUT2D eigenvalue weighted by atomic mass is 10.3. The molecule has 1 unspecified atom stereocenters. The average molecular weight is 200 g/mol. The van der Waals surface area contributed by atoms with Crippen molar-refractivity contribution in [3.8, 4) is 0 Å². The van der Waals surface area contributed by atoms with Gasteiger partial charge in [-0.05, 0) is 6.92 Å². The van der Waals surface area contributed by atoms with Gasteiger partial charge >= 0.3 is 0 Å². The summed E-state index contributed by atoms with van der Waals surface area (Å²) >= 11 is 3.78. The maximum Gasteiger partial charge on any atom is 0.111 e. The summed E-state index contributed by atoms with van der Waals surface area (Å²) in [5, 5.41) is 6.85. The van der Waals surface area contributed by atoms with Gasteiger partial charge in [-0.15, -0.1) is 11.3 Å². The highest BCUT2D eigenvalue weighted by molar-refractivity contribution is 7.99. The molecule has 1 aliphatic heterocycles. The number of nitrogens with one attached hydrogen (secondary N) is 1. The van der Waals surface area contributed by atoms with Gasteiger partial charge in [-0.2, -0.15) is 11.8 Å². The maximum absolute atomic E-state index is 4.48. The first kappa shape index (κ1) is 8.53. The first-order valence-corrected chi connectivity index (χ1v) is 6.13. The third-order valence-electron chi connectivity index (χ3n) is 1.86. The molecular formula is C8H12N2S2.